The van der Waals surface area contributed by atoms with E-state index in [-0.39, 0.29) is 17.9 Å². The number of fused-ring (bicyclic) bond motifs is 2. The molecule has 2 saturated heterocycles. The van der Waals surface area contributed by atoms with Crippen molar-refractivity contribution in [3.63, 3.8) is 0 Å². The van der Waals surface area contributed by atoms with E-state index in [0.717, 1.165) is 32.1 Å². The fourth-order valence-corrected chi connectivity index (χ4v) is 4.18. The quantitative estimate of drug-likeness (QED) is 0.716. The Morgan fingerprint density at radius 1 is 1.16 bits per heavy atom. The molecule has 3 N–H and O–H groups in total. The van der Waals surface area contributed by atoms with Crippen LogP contribution in [0.2, 0.25) is 0 Å². The molecule has 2 heterocycles. The summed E-state index contributed by atoms with van der Waals surface area (Å²) >= 11 is 0. The standard InChI is InChI=1S/C15H26N2O2/c18-14-3-1-2-11(14)9-16-15(19)8-10-6-12-4-5-13(7-10)17-12/h10-14,17-18H,1-9H2,(H,16,19). The van der Waals surface area contributed by atoms with Crippen molar-refractivity contribution in [2.24, 2.45) is 11.8 Å². The van der Waals surface area contributed by atoms with Gasteiger partial charge >= 0.3 is 0 Å². The SMILES string of the molecule is O=C(CC1CC2CCC(C1)N2)NCC1CCCC1O. The smallest absolute Gasteiger partial charge is 0.220 e. The normalized spacial score (nSPS) is 41.4. The van der Waals surface area contributed by atoms with Crippen molar-refractivity contribution >= 4 is 5.91 Å². The van der Waals surface area contributed by atoms with Crippen LogP contribution >= 0.6 is 0 Å². The monoisotopic (exact) mass is 266 g/mol. The average molecular weight is 266 g/mol. The summed E-state index contributed by atoms with van der Waals surface area (Å²) in [5.41, 5.74) is 0. The summed E-state index contributed by atoms with van der Waals surface area (Å²) in [6.07, 6.45) is 8.43. The van der Waals surface area contributed by atoms with Gasteiger partial charge in [0, 0.05) is 31.0 Å². The Morgan fingerprint density at radius 2 is 1.89 bits per heavy atom. The van der Waals surface area contributed by atoms with Crippen molar-refractivity contribution in [3.05, 3.63) is 0 Å². The number of carbonyl (C=O) groups is 1. The summed E-state index contributed by atoms with van der Waals surface area (Å²) in [6.45, 7) is 0.665. The molecule has 108 valence electrons. The van der Waals surface area contributed by atoms with Crippen molar-refractivity contribution in [1.82, 2.24) is 10.6 Å². The van der Waals surface area contributed by atoms with Gasteiger partial charge in [0.25, 0.3) is 0 Å². The fourth-order valence-electron chi connectivity index (χ4n) is 4.18. The topological polar surface area (TPSA) is 61.4 Å². The lowest BCUT2D eigenvalue weighted by Crippen LogP contribution is -2.40. The van der Waals surface area contributed by atoms with E-state index < -0.39 is 0 Å². The molecule has 1 amide bonds. The highest BCUT2D eigenvalue weighted by molar-refractivity contribution is 5.76. The van der Waals surface area contributed by atoms with Crippen molar-refractivity contribution in [2.45, 2.75) is 69.6 Å². The number of aliphatic hydroxyl groups is 1. The molecule has 4 nitrogen and oxygen atoms in total. The number of piperidine rings is 1. The first-order chi connectivity index (χ1) is 9.20. The van der Waals surface area contributed by atoms with Crippen molar-refractivity contribution in [3.8, 4) is 0 Å². The second-order valence-corrected chi connectivity index (χ2v) is 6.74. The zero-order chi connectivity index (χ0) is 13.2. The van der Waals surface area contributed by atoms with Crippen LogP contribution in [0.1, 0.15) is 51.4 Å². The second-order valence-electron chi connectivity index (χ2n) is 6.74. The first-order valence-corrected chi connectivity index (χ1v) is 7.91. The predicted octanol–water partition coefficient (Wildman–Crippen LogP) is 1.18. The van der Waals surface area contributed by atoms with Crippen LogP contribution < -0.4 is 10.6 Å². The van der Waals surface area contributed by atoms with Crippen molar-refractivity contribution in [1.29, 1.82) is 0 Å². The molecular formula is C15H26N2O2. The molecule has 1 aliphatic carbocycles. The van der Waals surface area contributed by atoms with Crippen molar-refractivity contribution in [2.75, 3.05) is 6.54 Å². The lowest BCUT2D eigenvalue weighted by molar-refractivity contribution is -0.122. The molecule has 4 atom stereocenters. The van der Waals surface area contributed by atoms with E-state index in [4.69, 9.17) is 0 Å². The third-order valence-electron chi connectivity index (χ3n) is 5.23. The first kappa shape index (κ1) is 13.4. The van der Waals surface area contributed by atoms with Gasteiger partial charge in [-0.3, -0.25) is 4.79 Å². The summed E-state index contributed by atoms with van der Waals surface area (Å²) in [5.74, 6) is 1.03. The second kappa shape index (κ2) is 5.80. The van der Waals surface area contributed by atoms with Gasteiger partial charge in [-0.15, -0.1) is 0 Å². The van der Waals surface area contributed by atoms with Gasteiger partial charge in [0.1, 0.15) is 0 Å². The van der Waals surface area contributed by atoms with E-state index in [2.05, 4.69) is 10.6 Å². The van der Waals surface area contributed by atoms with Crippen LogP contribution in [0.25, 0.3) is 0 Å². The Bertz CT molecular complexity index is 322. The Labute approximate surface area is 115 Å². The Kier molecular flexibility index (Phi) is 4.08. The van der Waals surface area contributed by atoms with E-state index in [9.17, 15) is 9.90 Å². The Morgan fingerprint density at radius 3 is 2.53 bits per heavy atom. The highest BCUT2D eigenvalue weighted by Crippen LogP contribution is 2.32. The van der Waals surface area contributed by atoms with Crippen molar-refractivity contribution < 1.29 is 9.90 Å². The highest BCUT2D eigenvalue weighted by atomic mass is 16.3. The number of hydrogen-bond acceptors (Lipinski definition) is 3. The van der Waals surface area contributed by atoms with Crippen LogP contribution in [0.15, 0.2) is 0 Å². The van der Waals surface area contributed by atoms with Crippen LogP contribution in [-0.4, -0.2) is 35.7 Å². The zero-order valence-corrected chi connectivity index (χ0v) is 11.6. The summed E-state index contributed by atoms with van der Waals surface area (Å²) in [5, 5.41) is 16.4. The molecule has 4 unspecified atom stereocenters. The molecule has 0 aromatic rings. The molecule has 0 aromatic heterocycles. The van der Waals surface area contributed by atoms with Crippen LogP contribution in [0, 0.1) is 11.8 Å². The van der Waals surface area contributed by atoms with Crippen LogP contribution in [0.5, 0.6) is 0 Å². The number of hydrogen-bond donors (Lipinski definition) is 3. The molecule has 0 spiro atoms. The average Bonchev–Trinajstić information content (AvgIpc) is 2.93. The molecule has 3 aliphatic rings. The van der Waals surface area contributed by atoms with E-state index in [1.165, 1.54) is 12.8 Å². The number of nitrogens with one attached hydrogen (secondary N) is 2. The molecule has 0 aromatic carbocycles. The maximum atomic E-state index is 12.0. The maximum absolute atomic E-state index is 12.0. The lowest BCUT2D eigenvalue weighted by Gasteiger charge is -2.28. The van der Waals surface area contributed by atoms with Gasteiger partial charge in [0.05, 0.1) is 6.10 Å². The summed E-state index contributed by atoms with van der Waals surface area (Å²) in [7, 11) is 0. The van der Waals surface area contributed by atoms with E-state index >= 15 is 0 Å². The molecule has 1 saturated carbocycles. The summed E-state index contributed by atoms with van der Waals surface area (Å²) < 4.78 is 0. The molecule has 4 heteroatoms. The maximum Gasteiger partial charge on any atom is 0.220 e. The van der Waals surface area contributed by atoms with E-state index in [0.29, 0.717) is 31.0 Å². The molecule has 2 bridgehead atoms. The highest BCUT2D eigenvalue weighted by Gasteiger charge is 2.34. The van der Waals surface area contributed by atoms with Gasteiger partial charge in [0.15, 0.2) is 0 Å². The molecule has 3 rings (SSSR count). The van der Waals surface area contributed by atoms with Gasteiger partial charge in [-0.1, -0.05) is 6.42 Å². The minimum absolute atomic E-state index is 0.186. The zero-order valence-electron chi connectivity index (χ0n) is 11.6. The van der Waals surface area contributed by atoms with Gasteiger partial charge in [-0.2, -0.15) is 0 Å². The molecule has 0 radical (unpaired) electrons. The van der Waals surface area contributed by atoms with Crippen LogP contribution in [0.3, 0.4) is 0 Å². The van der Waals surface area contributed by atoms with E-state index in [1.54, 1.807) is 0 Å². The van der Waals surface area contributed by atoms with Crippen LogP contribution in [-0.2, 0) is 4.79 Å². The van der Waals surface area contributed by atoms with Gasteiger partial charge in [0.2, 0.25) is 5.91 Å². The third kappa shape index (κ3) is 3.29. The molecule has 2 aliphatic heterocycles. The molecule has 3 fully saturated rings. The largest absolute Gasteiger partial charge is 0.393 e. The van der Waals surface area contributed by atoms with Gasteiger partial charge in [-0.25, -0.2) is 0 Å². The van der Waals surface area contributed by atoms with Gasteiger partial charge < -0.3 is 15.7 Å². The fraction of sp³-hybridized carbons (Fsp3) is 0.933. The number of rotatable bonds is 4. The third-order valence-corrected chi connectivity index (χ3v) is 5.23. The summed E-state index contributed by atoms with van der Waals surface area (Å²) in [4.78, 5) is 12.0. The van der Waals surface area contributed by atoms with Crippen LogP contribution in [0.4, 0.5) is 0 Å². The Hall–Kier alpha value is -0.610. The Balaban J connectivity index is 1.39. The number of amides is 1. The number of aliphatic hydroxyl groups excluding tert-OH is 1. The minimum atomic E-state index is -0.199. The predicted molar refractivity (Wildman–Crippen MR) is 73.6 cm³/mol. The minimum Gasteiger partial charge on any atom is -0.393 e. The lowest BCUT2D eigenvalue weighted by atomic mass is 9.89. The molecular weight excluding hydrogens is 240 g/mol. The number of carbonyl (C=O) groups excluding carboxylic acids is 1. The van der Waals surface area contributed by atoms with E-state index in [1.807, 2.05) is 0 Å². The first-order valence-electron chi connectivity index (χ1n) is 7.91. The van der Waals surface area contributed by atoms with Gasteiger partial charge in [-0.05, 0) is 44.4 Å². The molecule has 19 heavy (non-hydrogen) atoms. The summed E-state index contributed by atoms with van der Waals surface area (Å²) in [6, 6.07) is 1.32.